The first-order valence-corrected chi connectivity index (χ1v) is 5.17. The van der Waals surface area contributed by atoms with E-state index in [9.17, 15) is 4.79 Å². The summed E-state index contributed by atoms with van der Waals surface area (Å²) in [4.78, 5) is 12.5. The summed E-state index contributed by atoms with van der Waals surface area (Å²) < 4.78 is 0. The van der Waals surface area contributed by atoms with Crippen LogP contribution in [0.4, 0.5) is 0 Å². The number of rotatable bonds is 6. The fourth-order valence-corrected chi connectivity index (χ4v) is 1.88. The predicted molar refractivity (Wildman–Crippen MR) is 55.4 cm³/mol. The molecule has 1 aliphatic rings. The molecule has 0 heterocycles. The quantitative estimate of drug-likeness (QED) is 0.614. The zero-order valence-electron chi connectivity index (χ0n) is 9.05. The SMILES string of the molecule is CN(C)C1(CNCCC(=O)O)CCC1. The monoisotopic (exact) mass is 200 g/mol. The molecule has 0 bridgehead atoms. The van der Waals surface area contributed by atoms with Gasteiger partial charge in [0.25, 0.3) is 0 Å². The van der Waals surface area contributed by atoms with Gasteiger partial charge in [0.15, 0.2) is 0 Å². The van der Waals surface area contributed by atoms with Gasteiger partial charge in [0.05, 0.1) is 6.42 Å². The van der Waals surface area contributed by atoms with Crippen molar-refractivity contribution < 1.29 is 9.90 Å². The van der Waals surface area contributed by atoms with Crippen molar-refractivity contribution in [3.05, 3.63) is 0 Å². The highest BCUT2D eigenvalue weighted by molar-refractivity contribution is 5.66. The summed E-state index contributed by atoms with van der Waals surface area (Å²) in [6.07, 6.45) is 3.95. The maximum absolute atomic E-state index is 10.3. The van der Waals surface area contributed by atoms with Gasteiger partial charge in [0, 0.05) is 18.6 Å². The maximum Gasteiger partial charge on any atom is 0.304 e. The van der Waals surface area contributed by atoms with Gasteiger partial charge in [-0.05, 0) is 33.4 Å². The van der Waals surface area contributed by atoms with E-state index in [1.807, 2.05) is 0 Å². The fourth-order valence-electron chi connectivity index (χ4n) is 1.88. The Balaban J connectivity index is 2.18. The average Bonchev–Trinajstić information content (AvgIpc) is 1.99. The number of carboxylic acid groups (broad SMARTS) is 1. The molecule has 0 radical (unpaired) electrons. The van der Waals surface area contributed by atoms with Crippen LogP contribution in [0.1, 0.15) is 25.7 Å². The van der Waals surface area contributed by atoms with Gasteiger partial charge in [-0.25, -0.2) is 0 Å². The van der Waals surface area contributed by atoms with Crippen molar-refractivity contribution in [3.8, 4) is 0 Å². The Hall–Kier alpha value is -0.610. The van der Waals surface area contributed by atoms with Gasteiger partial charge in [-0.15, -0.1) is 0 Å². The van der Waals surface area contributed by atoms with E-state index in [4.69, 9.17) is 5.11 Å². The third kappa shape index (κ3) is 2.69. The number of hydrogen-bond acceptors (Lipinski definition) is 3. The molecule has 1 saturated carbocycles. The van der Waals surface area contributed by atoms with E-state index in [-0.39, 0.29) is 6.42 Å². The van der Waals surface area contributed by atoms with Gasteiger partial charge in [-0.2, -0.15) is 0 Å². The molecule has 1 aliphatic carbocycles. The smallest absolute Gasteiger partial charge is 0.304 e. The van der Waals surface area contributed by atoms with Crippen molar-refractivity contribution in [3.63, 3.8) is 0 Å². The van der Waals surface area contributed by atoms with Crippen LogP contribution in [0.3, 0.4) is 0 Å². The van der Waals surface area contributed by atoms with Crippen LogP contribution in [0.2, 0.25) is 0 Å². The van der Waals surface area contributed by atoms with E-state index in [0.29, 0.717) is 12.1 Å². The highest BCUT2D eigenvalue weighted by atomic mass is 16.4. The molecule has 4 nitrogen and oxygen atoms in total. The zero-order chi connectivity index (χ0) is 10.6. The number of likely N-dealkylation sites (N-methyl/N-ethyl adjacent to an activating group) is 1. The Labute approximate surface area is 85.3 Å². The second-order valence-corrected chi connectivity index (χ2v) is 4.29. The number of nitrogens with zero attached hydrogens (tertiary/aromatic N) is 1. The first-order chi connectivity index (χ1) is 6.57. The first-order valence-electron chi connectivity index (χ1n) is 5.17. The van der Waals surface area contributed by atoms with Crippen molar-refractivity contribution in [2.24, 2.45) is 0 Å². The number of hydrogen-bond donors (Lipinski definition) is 2. The summed E-state index contributed by atoms with van der Waals surface area (Å²) in [5.41, 5.74) is 0.290. The normalized spacial score (nSPS) is 19.4. The summed E-state index contributed by atoms with van der Waals surface area (Å²) >= 11 is 0. The van der Waals surface area contributed by atoms with Crippen LogP contribution in [-0.4, -0.2) is 48.7 Å². The van der Waals surface area contributed by atoms with E-state index in [1.165, 1.54) is 19.3 Å². The third-order valence-corrected chi connectivity index (χ3v) is 3.20. The lowest BCUT2D eigenvalue weighted by atomic mass is 9.75. The fraction of sp³-hybridized carbons (Fsp3) is 0.900. The van der Waals surface area contributed by atoms with E-state index < -0.39 is 5.97 Å². The molecule has 1 rings (SSSR count). The maximum atomic E-state index is 10.3. The van der Waals surface area contributed by atoms with Crippen molar-refractivity contribution in [2.75, 3.05) is 27.2 Å². The molecule has 4 heteroatoms. The van der Waals surface area contributed by atoms with Crippen molar-refractivity contribution >= 4 is 5.97 Å². The van der Waals surface area contributed by atoms with Gasteiger partial charge in [-0.3, -0.25) is 4.79 Å². The zero-order valence-corrected chi connectivity index (χ0v) is 9.05. The molecule has 0 aromatic carbocycles. The second kappa shape index (κ2) is 4.75. The number of carboxylic acids is 1. The number of nitrogens with one attached hydrogen (secondary N) is 1. The van der Waals surface area contributed by atoms with Crippen LogP contribution in [0, 0.1) is 0 Å². The Bertz CT molecular complexity index is 200. The topological polar surface area (TPSA) is 52.6 Å². The van der Waals surface area contributed by atoms with Gasteiger partial charge in [-0.1, -0.05) is 0 Å². The largest absolute Gasteiger partial charge is 0.481 e. The van der Waals surface area contributed by atoms with E-state index in [2.05, 4.69) is 24.3 Å². The minimum absolute atomic E-state index is 0.212. The Morgan fingerprint density at radius 2 is 2.14 bits per heavy atom. The van der Waals surface area contributed by atoms with Crippen LogP contribution in [0.15, 0.2) is 0 Å². The van der Waals surface area contributed by atoms with Gasteiger partial charge in [0.1, 0.15) is 0 Å². The highest BCUT2D eigenvalue weighted by Crippen LogP contribution is 2.35. The van der Waals surface area contributed by atoms with Crippen LogP contribution < -0.4 is 5.32 Å². The van der Waals surface area contributed by atoms with Gasteiger partial charge < -0.3 is 15.3 Å². The second-order valence-electron chi connectivity index (χ2n) is 4.29. The van der Waals surface area contributed by atoms with Crippen molar-refractivity contribution in [2.45, 2.75) is 31.2 Å². The summed E-state index contributed by atoms with van der Waals surface area (Å²) in [5, 5.41) is 11.7. The minimum atomic E-state index is -0.731. The van der Waals surface area contributed by atoms with Crippen molar-refractivity contribution in [1.82, 2.24) is 10.2 Å². The van der Waals surface area contributed by atoms with Crippen LogP contribution >= 0.6 is 0 Å². The van der Waals surface area contributed by atoms with E-state index in [0.717, 1.165) is 6.54 Å². The summed E-state index contributed by atoms with van der Waals surface area (Å²) in [6.45, 7) is 1.48. The molecule has 0 aliphatic heterocycles. The Kier molecular flexibility index (Phi) is 3.89. The van der Waals surface area contributed by atoms with Crippen LogP contribution in [-0.2, 0) is 4.79 Å². The lowest BCUT2D eigenvalue weighted by Crippen LogP contribution is -2.56. The lowest BCUT2D eigenvalue weighted by molar-refractivity contribution is -0.136. The molecule has 1 fully saturated rings. The average molecular weight is 200 g/mol. The van der Waals surface area contributed by atoms with Crippen LogP contribution in [0.5, 0.6) is 0 Å². The highest BCUT2D eigenvalue weighted by Gasteiger charge is 2.38. The van der Waals surface area contributed by atoms with E-state index >= 15 is 0 Å². The van der Waals surface area contributed by atoms with Gasteiger partial charge >= 0.3 is 5.97 Å². The van der Waals surface area contributed by atoms with E-state index in [1.54, 1.807) is 0 Å². The number of carbonyl (C=O) groups is 1. The minimum Gasteiger partial charge on any atom is -0.481 e. The molecule has 0 atom stereocenters. The summed E-state index contributed by atoms with van der Waals surface area (Å²) in [5.74, 6) is -0.731. The first kappa shape index (κ1) is 11.5. The predicted octanol–water partition coefficient (Wildman–Crippen LogP) is 0.535. The van der Waals surface area contributed by atoms with Crippen LogP contribution in [0.25, 0.3) is 0 Å². The molecule has 0 spiro atoms. The molecule has 0 saturated heterocycles. The Morgan fingerprint density at radius 1 is 1.50 bits per heavy atom. The third-order valence-electron chi connectivity index (χ3n) is 3.20. The van der Waals surface area contributed by atoms with Crippen molar-refractivity contribution in [1.29, 1.82) is 0 Å². The summed E-state index contributed by atoms with van der Waals surface area (Å²) in [7, 11) is 4.19. The molecular weight excluding hydrogens is 180 g/mol. The Morgan fingerprint density at radius 3 is 2.50 bits per heavy atom. The molecule has 0 amide bonds. The molecule has 0 aromatic heterocycles. The molecule has 82 valence electrons. The molecule has 14 heavy (non-hydrogen) atoms. The number of aliphatic carboxylic acids is 1. The lowest BCUT2D eigenvalue weighted by Gasteiger charge is -2.47. The summed E-state index contributed by atoms with van der Waals surface area (Å²) in [6, 6.07) is 0. The molecule has 0 unspecified atom stereocenters. The molecular formula is C10H20N2O2. The molecule has 2 N–H and O–H groups in total. The van der Waals surface area contributed by atoms with Gasteiger partial charge in [0.2, 0.25) is 0 Å². The standard InChI is InChI=1S/C10H20N2O2/c1-12(2)10(5-3-6-10)8-11-7-4-9(13)14/h11H,3-8H2,1-2H3,(H,13,14). The molecule has 0 aromatic rings.